The first-order valence-electron chi connectivity index (χ1n) is 4.59. The lowest BCUT2D eigenvalue weighted by molar-refractivity contribution is 1.08. The molecule has 3 aromatic rings. The fourth-order valence-electron chi connectivity index (χ4n) is 1.63. The summed E-state index contributed by atoms with van der Waals surface area (Å²) in [6.45, 7) is 0. The fourth-order valence-corrected chi connectivity index (χ4v) is 2.35. The van der Waals surface area contributed by atoms with Gasteiger partial charge in [-0.2, -0.15) is 0 Å². The molecule has 15 heavy (non-hydrogen) atoms. The molecule has 74 valence electrons. The van der Waals surface area contributed by atoms with Crippen LogP contribution in [0.15, 0.2) is 40.5 Å². The number of aromatic nitrogens is 2. The molecule has 0 unspecified atom stereocenters. The molecule has 0 amide bonds. The second-order valence-corrected chi connectivity index (χ2v) is 4.26. The minimum Gasteiger partial charge on any atom is -0.298 e. The Hall–Kier alpha value is -1.81. The molecular weight excluding hydrogens is 208 g/mol. The Labute approximate surface area is 89.4 Å². The summed E-state index contributed by atoms with van der Waals surface area (Å²) in [5.74, 6) is 0. The lowest BCUT2D eigenvalue weighted by atomic mass is 10.1. The molecule has 0 aliphatic carbocycles. The van der Waals surface area contributed by atoms with Crippen LogP contribution in [0.4, 0.5) is 0 Å². The summed E-state index contributed by atoms with van der Waals surface area (Å²) >= 11 is 1.67. The summed E-state index contributed by atoms with van der Waals surface area (Å²) in [6, 6.07) is 9.90. The SMILES string of the molecule is O=c1[nH][nH]c2ccc(-c3cccs3)cc12. The first kappa shape index (κ1) is 8.49. The zero-order valence-electron chi connectivity index (χ0n) is 7.78. The highest BCUT2D eigenvalue weighted by atomic mass is 32.1. The van der Waals surface area contributed by atoms with E-state index >= 15 is 0 Å². The molecule has 0 spiro atoms. The van der Waals surface area contributed by atoms with Crippen LogP contribution in [0.1, 0.15) is 0 Å². The van der Waals surface area contributed by atoms with Gasteiger partial charge in [0.1, 0.15) is 0 Å². The summed E-state index contributed by atoms with van der Waals surface area (Å²) in [6.07, 6.45) is 0. The van der Waals surface area contributed by atoms with E-state index in [0.717, 1.165) is 11.1 Å². The molecule has 2 N–H and O–H groups in total. The third-order valence-corrected chi connectivity index (χ3v) is 3.30. The zero-order chi connectivity index (χ0) is 10.3. The second-order valence-electron chi connectivity index (χ2n) is 3.32. The summed E-state index contributed by atoms with van der Waals surface area (Å²) in [7, 11) is 0. The maximum atomic E-state index is 11.4. The van der Waals surface area contributed by atoms with Crippen molar-refractivity contribution in [1.29, 1.82) is 0 Å². The summed E-state index contributed by atoms with van der Waals surface area (Å²) in [5.41, 5.74) is 1.87. The Bertz CT molecular complexity index is 649. The average Bonchev–Trinajstić information content (AvgIpc) is 2.88. The molecule has 2 heterocycles. The van der Waals surface area contributed by atoms with Gasteiger partial charge in [-0.05, 0) is 29.1 Å². The molecule has 3 rings (SSSR count). The Morgan fingerprint density at radius 3 is 2.87 bits per heavy atom. The highest BCUT2D eigenvalue weighted by molar-refractivity contribution is 7.13. The van der Waals surface area contributed by atoms with Gasteiger partial charge in [0.15, 0.2) is 0 Å². The predicted octanol–water partition coefficient (Wildman–Crippen LogP) is 2.58. The van der Waals surface area contributed by atoms with E-state index in [-0.39, 0.29) is 5.56 Å². The monoisotopic (exact) mass is 216 g/mol. The molecular formula is C11H8N2OS. The van der Waals surface area contributed by atoms with E-state index < -0.39 is 0 Å². The van der Waals surface area contributed by atoms with Crippen LogP contribution in [0.5, 0.6) is 0 Å². The third kappa shape index (κ3) is 1.30. The van der Waals surface area contributed by atoms with Gasteiger partial charge in [-0.1, -0.05) is 12.1 Å². The molecule has 0 aliphatic rings. The smallest absolute Gasteiger partial charge is 0.271 e. The highest BCUT2D eigenvalue weighted by Gasteiger charge is 2.03. The molecule has 0 aliphatic heterocycles. The topological polar surface area (TPSA) is 48.6 Å². The van der Waals surface area contributed by atoms with Crippen molar-refractivity contribution in [1.82, 2.24) is 10.2 Å². The van der Waals surface area contributed by atoms with Crippen molar-refractivity contribution in [3.8, 4) is 10.4 Å². The van der Waals surface area contributed by atoms with Gasteiger partial charge in [0.2, 0.25) is 0 Å². The van der Waals surface area contributed by atoms with Crippen LogP contribution in [-0.4, -0.2) is 10.2 Å². The van der Waals surface area contributed by atoms with Gasteiger partial charge >= 0.3 is 0 Å². The van der Waals surface area contributed by atoms with Gasteiger partial charge in [-0.3, -0.25) is 15.0 Å². The van der Waals surface area contributed by atoms with Crippen molar-refractivity contribution in [2.75, 3.05) is 0 Å². The molecule has 0 fully saturated rings. The average molecular weight is 216 g/mol. The van der Waals surface area contributed by atoms with E-state index in [1.165, 1.54) is 4.88 Å². The Balaban J connectivity index is 2.30. The zero-order valence-corrected chi connectivity index (χ0v) is 8.60. The van der Waals surface area contributed by atoms with Gasteiger partial charge in [-0.25, -0.2) is 0 Å². The Kier molecular flexibility index (Phi) is 1.76. The van der Waals surface area contributed by atoms with Gasteiger partial charge < -0.3 is 0 Å². The largest absolute Gasteiger partial charge is 0.298 e. The maximum absolute atomic E-state index is 11.4. The normalized spacial score (nSPS) is 10.9. The number of H-pyrrole nitrogens is 2. The van der Waals surface area contributed by atoms with Crippen LogP contribution in [0.2, 0.25) is 0 Å². The van der Waals surface area contributed by atoms with E-state index in [0.29, 0.717) is 5.39 Å². The van der Waals surface area contributed by atoms with E-state index in [9.17, 15) is 4.79 Å². The number of hydrogen-bond donors (Lipinski definition) is 2. The van der Waals surface area contributed by atoms with Gasteiger partial charge in [-0.15, -0.1) is 11.3 Å². The summed E-state index contributed by atoms with van der Waals surface area (Å²) in [4.78, 5) is 12.6. The summed E-state index contributed by atoms with van der Waals surface area (Å²) < 4.78 is 0. The van der Waals surface area contributed by atoms with Crippen molar-refractivity contribution in [2.24, 2.45) is 0 Å². The van der Waals surface area contributed by atoms with E-state index in [1.54, 1.807) is 11.3 Å². The lowest BCUT2D eigenvalue weighted by Gasteiger charge is -1.95. The molecule has 0 saturated carbocycles. The third-order valence-electron chi connectivity index (χ3n) is 2.38. The number of rotatable bonds is 1. The molecule has 0 radical (unpaired) electrons. The Morgan fingerprint density at radius 1 is 1.13 bits per heavy atom. The minimum absolute atomic E-state index is 0.0663. The number of thiophene rings is 1. The maximum Gasteiger partial charge on any atom is 0.271 e. The number of benzene rings is 1. The van der Waals surface area contributed by atoms with E-state index in [1.807, 2.05) is 35.7 Å². The van der Waals surface area contributed by atoms with Crippen molar-refractivity contribution in [2.45, 2.75) is 0 Å². The molecule has 0 saturated heterocycles. The van der Waals surface area contributed by atoms with Crippen LogP contribution >= 0.6 is 11.3 Å². The van der Waals surface area contributed by atoms with Crippen LogP contribution in [-0.2, 0) is 0 Å². The first-order valence-corrected chi connectivity index (χ1v) is 5.47. The van der Waals surface area contributed by atoms with E-state index in [4.69, 9.17) is 0 Å². The van der Waals surface area contributed by atoms with Gasteiger partial charge in [0.05, 0.1) is 10.9 Å². The number of hydrogen-bond acceptors (Lipinski definition) is 2. The predicted molar refractivity (Wildman–Crippen MR) is 62.2 cm³/mol. The number of aromatic amines is 2. The number of nitrogens with one attached hydrogen (secondary N) is 2. The Morgan fingerprint density at radius 2 is 2.07 bits per heavy atom. The summed E-state index contributed by atoms with van der Waals surface area (Å²) in [5, 5.41) is 8.14. The standard InChI is InChI=1S/C11H8N2OS/c14-11-8-6-7(10-2-1-5-15-10)3-4-9(8)12-13-11/h1-6H,(H2,12,13,14). The lowest BCUT2D eigenvalue weighted by Crippen LogP contribution is -1.97. The molecule has 2 aromatic heterocycles. The molecule has 0 atom stereocenters. The number of fused-ring (bicyclic) bond motifs is 1. The van der Waals surface area contributed by atoms with Crippen molar-refractivity contribution < 1.29 is 0 Å². The molecule has 0 bridgehead atoms. The van der Waals surface area contributed by atoms with Gasteiger partial charge in [0, 0.05) is 4.88 Å². The molecule has 3 nitrogen and oxygen atoms in total. The second kappa shape index (κ2) is 3.10. The van der Waals surface area contributed by atoms with E-state index in [2.05, 4.69) is 10.2 Å². The van der Waals surface area contributed by atoms with Crippen LogP contribution in [0, 0.1) is 0 Å². The minimum atomic E-state index is -0.0663. The van der Waals surface area contributed by atoms with Crippen molar-refractivity contribution >= 4 is 22.2 Å². The molecule has 4 heteroatoms. The van der Waals surface area contributed by atoms with Crippen LogP contribution in [0.3, 0.4) is 0 Å². The van der Waals surface area contributed by atoms with Crippen molar-refractivity contribution in [3.63, 3.8) is 0 Å². The van der Waals surface area contributed by atoms with Crippen LogP contribution < -0.4 is 5.56 Å². The quantitative estimate of drug-likeness (QED) is 0.645. The highest BCUT2D eigenvalue weighted by Crippen LogP contribution is 2.26. The first-order chi connectivity index (χ1) is 7.34. The van der Waals surface area contributed by atoms with Crippen molar-refractivity contribution in [3.05, 3.63) is 46.1 Å². The fraction of sp³-hybridized carbons (Fsp3) is 0. The molecule has 1 aromatic carbocycles. The van der Waals surface area contributed by atoms with Gasteiger partial charge in [0.25, 0.3) is 5.56 Å². The van der Waals surface area contributed by atoms with Crippen LogP contribution in [0.25, 0.3) is 21.3 Å².